The number of nitrogens with one attached hydrogen (secondary N) is 1. The van der Waals surface area contributed by atoms with Gasteiger partial charge >= 0.3 is 0 Å². The molecule has 2 rings (SSSR count). The fourth-order valence-electron chi connectivity index (χ4n) is 2.75. The van der Waals surface area contributed by atoms with E-state index < -0.39 is 0 Å². The van der Waals surface area contributed by atoms with Crippen LogP contribution in [0.3, 0.4) is 0 Å². The van der Waals surface area contributed by atoms with Gasteiger partial charge in [-0.2, -0.15) is 0 Å². The molecule has 1 amide bonds. The Hall–Kier alpha value is -1.43. The first-order valence-corrected chi connectivity index (χ1v) is 7.53. The highest BCUT2D eigenvalue weighted by Crippen LogP contribution is 2.29. The minimum Gasteiger partial charge on any atom is -0.380 e. The summed E-state index contributed by atoms with van der Waals surface area (Å²) in [5, 5.41) is 3.00. The average Bonchev–Trinajstić information content (AvgIpc) is 2.89. The molecular formula is C16H25N3O2. The van der Waals surface area contributed by atoms with Crippen LogP contribution in [0, 0.1) is 0 Å². The monoisotopic (exact) mass is 291 g/mol. The van der Waals surface area contributed by atoms with E-state index in [9.17, 15) is 4.79 Å². The lowest BCUT2D eigenvalue weighted by Gasteiger charge is -2.15. The number of fused-ring (bicyclic) bond motifs is 1. The van der Waals surface area contributed by atoms with Gasteiger partial charge in [-0.3, -0.25) is 9.69 Å². The smallest absolute Gasteiger partial charge is 0.227 e. The second-order valence-electron chi connectivity index (χ2n) is 5.50. The van der Waals surface area contributed by atoms with E-state index in [2.05, 4.69) is 23.2 Å². The van der Waals surface area contributed by atoms with E-state index in [0.29, 0.717) is 6.54 Å². The Morgan fingerprint density at radius 2 is 2.29 bits per heavy atom. The highest BCUT2D eigenvalue weighted by atomic mass is 16.5. The minimum absolute atomic E-state index is 0.0466. The number of carbonyl (C=O) groups is 1. The third-order valence-corrected chi connectivity index (χ3v) is 3.87. The second-order valence-corrected chi connectivity index (χ2v) is 5.50. The van der Waals surface area contributed by atoms with Crippen molar-refractivity contribution in [2.75, 3.05) is 25.5 Å². The number of hydrogen-bond acceptors (Lipinski definition) is 4. The van der Waals surface area contributed by atoms with Gasteiger partial charge in [-0.15, -0.1) is 0 Å². The van der Waals surface area contributed by atoms with Crippen molar-refractivity contribution in [3.05, 3.63) is 29.3 Å². The van der Waals surface area contributed by atoms with Crippen molar-refractivity contribution in [2.45, 2.75) is 39.0 Å². The summed E-state index contributed by atoms with van der Waals surface area (Å²) in [4.78, 5) is 14.5. The fraction of sp³-hybridized carbons (Fsp3) is 0.562. The van der Waals surface area contributed by atoms with Gasteiger partial charge in [0.2, 0.25) is 5.91 Å². The number of methoxy groups -OCH3 is 1. The summed E-state index contributed by atoms with van der Waals surface area (Å²) >= 11 is 0. The van der Waals surface area contributed by atoms with E-state index in [1.54, 1.807) is 7.11 Å². The number of nitrogens with zero attached hydrogens (tertiary/aromatic N) is 1. The number of nitrogens with two attached hydrogens (primary N) is 1. The molecule has 0 saturated carbocycles. The predicted octanol–water partition coefficient (Wildman–Crippen LogP) is 1.71. The zero-order valence-corrected chi connectivity index (χ0v) is 12.9. The van der Waals surface area contributed by atoms with Crippen LogP contribution in [0.4, 0.5) is 5.69 Å². The van der Waals surface area contributed by atoms with Gasteiger partial charge in [0, 0.05) is 32.4 Å². The molecule has 1 aliphatic heterocycles. The van der Waals surface area contributed by atoms with Crippen LogP contribution in [0.2, 0.25) is 0 Å². The molecule has 0 aliphatic carbocycles. The van der Waals surface area contributed by atoms with Gasteiger partial charge in [-0.25, -0.2) is 0 Å². The van der Waals surface area contributed by atoms with E-state index in [0.717, 1.165) is 31.7 Å². The van der Waals surface area contributed by atoms with Crippen molar-refractivity contribution >= 4 is 11.6 Å². The Balaban J connectivity index is 2.03. The number of amides is 1. The Kier molecular flexibility index (Phi) is 5.73. The van der Waals surface area contributed by atoms with Gasteiger partial charge < -0.3 is 15.8 Å². The molecule has 3 N–H and O–H groups in total. The Bertz CT molecular complexity index is 486. The molecule has 1 aromatic rings. The number of benzene rings is 1. The third kappa shape index (κ3) is 4.03. The van der Waals surface area contributed by atoms with Gasteiger partial charge in [-0.1, -0.05) is 19.1 Å². The van der Waals surface area contributed by atoms with Crippen LogP contribution >= 0.6 is 0 Å². The quantitative estimate of drug-likeness (QED) is 0.802. The highest BCUT2D eigenvalue weighted by Gasteiger charge is 2.22. The number of rotatable bonds is 7. The van der Waals surface area contributed by atoms with E-state index in [1.165, 1.54) is 11.1 Å². The summed E-state index contributed by atoms with van der Waals surface area (Å²) in [6, 6.07) is 6.11. The molecule has 0 spiro atoms. The van der Waals surface area contributed by atoms with Crippen LogP contribution in [-0.4, -0.2) is 37.1 Å². The molecule has 1 aliphatic rings. The molecule has 0 radical (unpaired) electrons. The van der Waals surface area contributed by atoms with Gasteiger partial charge in [0.15, 0.2) is 0 Å². The van der Waals surface area contributed by atoms with Gasteiger partial charge in [0.05, 0.1) is 12.5 Å². The molecule has 1 aromatic carbocycles. The van der Waals surface area contributed by atoms with Crippen molar-refractivity contribution in [1.82, 2.24) is 4.90 Å². The molecule has 0 fully saturated rings. The minimum atomic E-state index is -0.224. The first-order valence-electron chi connectivity index (χ1n) is 7.53. The van der Waals surface area contributed by atoms with Crippen molar-refractivity contribution in [3.8, 4) is 0 Å². The van der Waals surface area contributed by atoms with Gasteiger partial charge in [0.1, 0.15) is 0 Å². The van der Waals surface area contributed by atoms with E-state index in [-0.39, 0.29) is 18.4 Å². The van der Waals surface area contributed by atoms with E-state index in [1.807, 2.05) is 12.1 Å². The highest BCUT2D eigenvalue weighted by molar-refractivity contribution is 5.92. The summed E-state index contributed by atoms with van der Waals surface area (Å²) in [6.07, 6.45) is 1.20. The largest absolute Gasteiger partial charge is 0.380 e. The Morgan fingerprint density at radius 1 is 1.48 bits per heavy atom. The number of anilines is 1. The maximum Gasteiger partial charge on any atom is 0.227 e. The maximum absolute atomic E-state index is 12.1. The van der Waals surface area contributed by atoms with Crippen LogP contribution in [-0.2, 0) is 22.6 Å². The lowest BCUT2D eigenvalue weighted by molar-refractivity contribution is -0.118. The molecule has 0 bridgehead atoms. The number of ether oxygens (including phenoxy) is 1. The lowest BCUT2D eigenvalue weighted by atomic mass is 10.1. The standard InChI is InChI=1S/C16H25N3O2/c1-3-7-19-10-12-5-4-6-15(14(12)11-19)18-16(20)8-13(9-17)21-2/h4-6,13H,3,7-11,17H2,1-2H3,(H,18,20). The van der Waals surface area contributed by atoms with Crippen LogP contribution in [0.25, 0.3) is 0 Å². The summed E-state index contributed by atoms with van der Waals surface area (Å²) in [7, 11) is 1.58. The topological polar surface area (TPSA) is 67.6 Å². The Morgan fingerprint density at radius 3 is 2.95 bits per heavy atom. The third-order valence-electron chi connectivity index (χ3n) is 3.87. The summed E-state index contributed by atoms with van der Waals surface area (Å²) < 4.78 is 5.16. The maximum atomic E-state index is 12.1. The predicted molar refractivity (Wildman–Crippen MR) is 83.9 cm³/mol. The summed E-state index contributed by atoms with van der Waals surface area (Å²) in [5.74, 6) is -0.0466. The average molecular weight is 291 g/mol. The van der Waals surface area contributed by atoms with Crippen LogP contribution in [0.5, 0.6) is 0 Å². The summed E-state index contributed by atoms with van der Waals surface area (Å²) in [5.41, 5.74) is 9.02. The molecule has 5 heteroatoms. The first-order chi connectivity index (χ1) is 10.2. The SMILES string of the molecule is CCCN1Cc2cccc(NC(=O)CC(CN)OC)c2C1. The van der Waals surface area contributed by atoms with E-state index in [4.69, 9.17) is 10.5 Å². The molecule has 1 atom stereocenters. The second kappa shape index (κ2) is 7.54. The molecular weight excluding hydrogens is 266 g/mol. The molecule has 0 saturated heterocycles. The van der Waals surface area contributed by atoms with Crippen molar-refractivity contribution < 1.29 is 9.53 Å². The molecule has 1 heterocycles. The zero-order valence-electron chi connectivity index (χ0n) is 12.9. The molecule has 116 valence electrons. The number of hydrogen-bond donors (Lipinski definition) is 2. The van der Waals surface area contributed by atoms with Crippen molar-refractivity contribution in [2.24, 2.45) is 5.73 Å². The van der Waals surface area contributed by atoms with Crippen LogP contribution in [0.1, 0.15) is 30.9 Å². The first kappa shape index (κ1) is 15.9. The van der Waals surface area contributed by atoms with Crippen LogP contribution < -0.4 is 11.1 Å². The van der Waals surface area contributed by atoms with Gasteiger partial charge in [-0.05, 0) is 30.2 Å². The Labute approximate surface area is 126 Å². The zero-order chi connectivity index (χ0) is 15.2. The van der Waals surface area contributed by atoms with Crippen LogP contribution in [0.15, 0.2) is 18.2 Å². The fourth-order valence-corrected chi connectivity index (χ4v) is 2.75. The van der Waals surface area contributed by atoms with E-state index >= 15 is 0 Å². The van der Waals surface area contributed by atoms with Crippen molar-refractivity contribution in [1.29, 1.82) is 0 Å². The molecule has 1 unspecified atom stereocenters. The molecule has 21 heavy (non-hydrogen) atoms. The number of carbonyl (C=O) groups excluding carboxylic acids is 1. The van der Waals surface area contributed by atoms with Gasteiger partial charge in [0.25, 0.3) is 0 Å². The lowest BCUT2D eigenvalue weighted by Crippen LogP contribution is -2.28. The molecule has 0 aromatic heterocycles. The normalized spacial score (nSPS) is 15.8. The summed E-state index contributed by atoms with van der Waals surface area (Å²) in [6.45, 7) is 5.49. The van der Waals surface area contributed by atoms with Crippen molar-refractivity contribution in [3.63, 3.8) is 0 Å². The molecule has 5 nitrogen and oxygen atoms in total.